The fraction of sp³-hybridized carbons (Fsp3) is 0.292. The zero-order chi connectivity index (χ0) is 20.7. The first-order chi connectivity index (χ1) is 14.6. The number of ether oxygens (including phenoxy) is 1. The minimum absolute atomic E-state index is 0.00322. The highest BCUT2D eigenvalue weighted by molar-refractivity contribution is 5.82. The minimum Gasteiger partial charge on any atom is -0.497 e. The van der Waals surface area contributed by atoms with Gasteiger partial charge in [-0.2, -0.15) is 0 Å². The smallest absolute Gasteiger partial charge is 0.258 e. The van der Waals surface area contributed by atoms with Crippen LogP contribution < -0.4 is 15.6 Å². The molecule has 2 aliphatic rings. The van der Waals surface area contributed by atoms with E-state index in [1.807, 2.05) is 42.5 Å². The van der Waals surface area contributed by atoms with E-state index < -0.39 is 0 Å². The summed E-state index contributed by atoms with van der Waals surface area (Å²) in [6.07, 6.45) is 5.22. The summed E-state index contributed by atoms with van der Waals surface area (Å²) in [5, 5.41) is 3.65. The maximum Gasteiger partial charge on any atom is 0.258 e. The van der Waals surface area contributed by atoms with Crippen LogP contribution in [0.5, 0.6) is 5.75 Å². The van der Waals surface area contributed by atoms with Crippen LogP contribution in [-0.4, -0.2) is 23.0 Å². The van der Waals surface area contributed by atoms with Crippen molar-refractivity contribution in [1.82, 2.24) is 15.3 Å². The Hall–Kier alpha value is -3.41. The Morgan fingerprint density at radius 2 is 1.90 bits per heavy atom. The van der Waals surface area contributed by atoms with Crippen molar-refractivity contribution < 1.29 is 9.53 Å². The lowest BCUT2D eigenvalue weighted by Crippen LogP contribution is -2.37. The second-order valence-corrected chi connectivity index (χ2v) is 8.03. The number of aromatic amines is 1. The number of allylic oxidation sites excluding steroid dienone is 2. The highest BCUT2D eigenvalue weighted by Gasteiger charge is 2.49. The first kappa shape index (κ1) is 18.6. The Bertz CT molecular complexity index is 1180. The number of nitrogens with zero attached hydrogens (tertiary/aromatic N) is 1. The van der Waals surface area contributed by atoms with Crippen LogP contribution in [0.25, 0.3) is 10.9 Å². The lowest BCUT2D eigenvalue weighted by atomic mass is 9.81. The molecule has 5 rings (SSSR count). The van der Waals surface area contributed by atoms with Gasteiger partial charge in [0, 0.05) is 12.5 Å². The van der Waals surface area contributed by atoms with E-state index in [-0.39, 0.29) is 35.1 Å². The standard InChI is InChI=1S/C24H23N3O3/c1-30-17-10-6-14(7-11-17)13-25-24(29)21-16-9-8-15(12-16)20(21)22-26-19-5-3-2-4-18(19)23(28)27-22/h2-11,15-16,20-21H,12-13H2,1H3,(H,25,29)(H,26,27,28)/t15-,16-,20-,21-/m0/s1. The van der Waals surface area contributed by atoms with Gasteiger partial charge in [-0.25, -0.2) is 4.98 Å². The van der Waals surface area contributed by atoms with Crippen molar-refractivity contribution in [3.63, 3.8) is 0 Å². The Morgan fingerprint density at radius 3 is 2.70 bits per heavy atom. The van der Waals surface area contributed by atoms with Gasteiger partial charge in [0.2, 0.25) is 5.91 Å². The number of carbonyl (C=O) groups excluding carboxylic acids is 1. The largest absolute Gasteiger partial charge is 0.497 e. The number of benzene rings is 2. The molecule has 1 fully saturated rings. The van der Waals surface area contributed by atoms with E-state index in [1.54, 1.807) is 13.2 Å². The summed E-state index contributed by atoms with van der Waals surface area (Å²) in [5.74, 6) is 1.44. The number of aromatic nitrogens is 2. The Balaban J connectivity index is 1.40. The third-order valence-corrected chi connectivity index (χ3v) is 6.33. The van der Waals surface area contributed by atoms with Gasteiger partial charge in [0.1, 0.15) is 11.6 Å². The second kappa shape index (κ2) is 7.44. The lowest BCUT2D eigenvalue weighted by Gasteiger charge is -2.26. The third-order valence-electron chi connectivity index (χ3n) is 6.33. The van der Waals surface area contributed by atoms with Crippen molar-refractivity contribution in [2.45, 2.75) is 18.9 Å². The minimum atomic E-state index is -0.234. The Labute approximate surface area is 174 Å². The molecule has 4 atom stereocenters. The molecule has 3 aromatic rings. The molecule has 30 heavy (non-hydrogen) atoms. The van der Waals surface area contributed by atoms with Crippen LogP contribution in [0.1, 0.15) is 23.7 Å². The maximum atomic E-state index is 13.2. The normalized spacial score (nSPS) is 24.3. The zero-order valence-corrected chi connectivity index (χ0v) is 16.7. The molecule has 2 aliphatic carbocycles. The molecule has 1 saturated carbocycles. The topological polar surface area (TPSA) is 84.1 Å². The van der Waals surface area contributed by atoms with Crippen LogP contribution in [0.3, 0.4) is 0 Å². The summed E-state index contributed by atoms with van der Waals surface area (Å²) < 4.78 is 5.18. The average Bonchev–Trinajstić information content (AvgIpc) is 3.39. The lowest BCUT2D eigenvalue weighted by molar-refractivity contribution is -0.126. The molecule has 2 aromatic carbocycles. The number of H-pyrrole nitrogens is 1. The molecule has 0 spiro atoms. The van der Waals surface area contributed by atoms with Gasteiger partial charge in [0.05, 0.1) is 23.9 Å². The summed E-state index contributed by atoms with van der Waals surface area (Å²) in [6, 6.07) is 15.0. The van der Waals surface area contributed by atoms with Gasteiger partial charge in [0.25, 0.3) is 5.56 Å². The van der Waals surface area contributed by atoms with Crippen molar-refractivity contribution in [2.75, 3.05) is 7.11 Å². The molecule has 2 bridgehead atoms. The number of fused-ring (bicyclic) bond motifs is 3. The van der Waals surface area contributed by atoms with Gasteiger partial charge >= 0.3 is 0 Å². The van der Waals surface area contributed by atoms with Crippen LogP contribution in [-0.2, 0) is 11.3 Å². The van der Waals surface area contributed by atoms with Crippen molar-refractivity contribution in [1.29, 1.82) is 0 Å². The van der Waals surface area contributed by atoms with E-state index in [2.05, 4.69) is 22.5 Å². The summed E-state index contributed by atoms with van der Waals surface area (Å²) in [4.78, 5) is 33.4. The molecule has 1 aromatic heterocycles. The van der Waals surface area contributed by atoms with Gasteiger partial charge in [-0.05, 0) is 48.1 Å². The molecule has 0 radical (unpaired) electrons. The summed E-state index contributed by atoms with van der Waals surface area (Å²) in [5.41, 5.74) is 1.52. The third kappa shape index (κ3) is 3.18. The number of amides is 1. The highest BCUT2D eigenvalue weighted by atomic mass is 16.5. The number of methoxy groups -OCH3 is 1. The number of carbonyl (C=O) groups is 1. The van der Waals surface area contributed by atoms with Crippen molar-refractivity contribution in [3.8, 4) is 5.75 Å². The quantitative estimate of drug-likeness (QED) is 0.644. The molecule has 1 amide bonds. The number of hydrogen-bond donors (Lipinski definition) is 2. The van der Waals surface area contributed by atoms with Gasteiger partial charge < -0.3 is 15.0 Å². The molecule has 0 aliphatic heterocycles. The van der Waals surface area contributed by atoms with Crippen molar-refractivity contribution >= 4 is 16.8 Å². The molecule has 0 saturated heterocycles. The van der Waals surface area contributed by atoms with E-state index in [4.69, 9.17) is 9.72 Å². The molecule has 1 heterocycles. The monoisotopic (exact) mass is 401 g/mol. The van der Waals surface area contributed by atoms with E-state index in [0.717, 1.165) is 17.7 Å². The summed E-state index contributed by atoms with van der Waals surface area (Å²) in [6.45, 7) is 0.453. The molecule has 0 unspecified atom stereocenters. The number of rotatable bonds is 5. The fourth-order valence-electron chi connectivity index (χ4n) is 4.87. The fourth-order valence-corrected chi connectivity index (χ4v) is 4.87. The first-order valence-electron chi connectivity index (χ1n) is 10.2. The van der Waals surface area contributed by atoms with E-state index >= 15 is 0 Å². The van der Waals surface area contributed by atoms with Crippen LogP contribution >= 0.6 is 0 Å². The van der Waals surface area contributed by atoms with Gasteiger partial charge in [-0.3, -0.25) is 9.59 Å². The summed E-state index contributed by atoms with van der Waals surface area (Å²) in [7, 11) is 1.63. The van der Waals surface area contributed by atoms with E-state index in [1.165, 1.54) is 0 Å². The van der Waals surface area contributed by atoms with Crippen LogP contribution in [0.15, 0.2) is 65.5 Å². The van der Waals surface area contributed by atoms with E-state index in [0.29, 0.717) is 23.3 Å². The zero-order valence-electron chi connectivity index (χ0n) is 16.7. The van der Waals surface area contributed by atoms with Crippen LogP contribution in [0.2, 0.25) is 0 Å². The maximum absolute atomic E-state index is 13.2. The second-order valence-electron chi connectivity index (χ2n) is 8.03. The number of para-hydroxylation sites is 1. The molecule has 2 N–H and O–H groups in total. The van der Waals surface area contributed by atoms with E-state index in [9.17, 15) is 9.59 Å². The van der Waals surface area contributed by atoms with Gasteiger partial charge in [-0.1, -0.05) is 36.4 Å². The number of nitrogens with one attached hydrogen (secondary N) is 2. The number of hydrogen-bond acceptors (Lipinski definition) is 4. The predicted molar refractivity (Wildman–Crippen MR) is 114 cm³/mol. The first-order valence-corrected chi connectivity index (χ1v) is 10.2. The molecule has 6 heteroatoms. The molecule has 152 valence electrons. The Kier molecular flexibility index (Phi) is 4.62. The van der Waals surface area contributed by atoms with Crippen LogP contribution in [0.4, 0.5) is 0 Å². The molecular formula is C24H23N3O3. The highest BCUT2D eigenvalue weighted by Crippen LogP contribution is 2.52. The molecular weight excluding hydrogens is 378 g/mol. The molecule has 6 nitrogen and oxygen atoms in total. The van der Waals surface area contributed by atoms with Crippen molar-refractivity contribution in [2.24, 2.45) is 17.8 Å². The summed E-state index contributed by atoms with van der Waals surface area (Å²) >= 11 is 0. The van der Waals surface area contributed by atoms with Gasteiger partial charge in [0.15, 0.2) is 0 Å². The average molecular weight is 401 g/mol. The predicted octanol–water partition coefficient (Wildman–Crippen LogP) is 3.15. The SMILES string of the molecule is COc1ccc(CNC(=O)[C@@H]2[C@@H](c3nc4ccccc4c(=O)[nH]3)[C@H]3C=C[C@H]2C3)cc1. The van der Waals surface area contributed by atoms with Crippen LogP contribution in [0, 0.1) is 17.8 Å². The Morgan fingerprint density at radius 1 is 1.13 bits per heavy atom. The van der Waals surface area contributed by atoms with Gasteiger partial charge in [-0.15, -0.1) is 0 Å². The van der Waals surface area contributed by atoms with Crippen molar-refractivity contribution in [3.05, 3.63) is 82.4 Å².